The van der Waals surface area contributed by atoms with E-state index in [0.717, 1.165) is 30.4 Å². The Balaban J connectivity index is 2.03. The van der Waals surface area contributed by atoms with E-state index < -0.39 is 11.6 Å². The molecule has 2 heterocycles. The number of nitrogens with zero attached hydrogens (tertiary/aromatic N) is 3. The second-order valence-electron chi connectivity index (χ2n) is 4.19. The quantitative estimate of drug-likeness (QED) is 0.592. The van der Waals surface area contributed by atoms with E-state index in [-0.39, 0.29) is 12.2 Å². The van der Waals surface area contributed by atoms with Gasteiger partial charge < -0.3 is 4.42 Å². The molecule has 0 unspecified atom stereocenters. The molecule has 0 aliphatic rings. The Kier molecular flexibility index (Phi) is 4.17. The van der Waals surface area contributed by atoms with Gasteiger partial charge in [-0.05, 0) is 23.6 Å². The number of carbonyl (C=O) groups is 2. The fourth-order valence-corrected chi connectivity index (χ4v) is 1.73. The largest absolute Gasteiger partial charge is 0.472 e. The van der Waals surface area contributed by atoms with Crippen LogP contribution in [0.1, 0.15) is 41.5 Å². The molecular weight excluding hydrogens is 248 g/mol. The predicted octanol–water partition coefficient (Wildman–Crippen LogP) is 1.13. The maximum Gasteiger partial charge on any atom is 0.269 e. The number of aryl methyl sites for hydroxylation is 1. The zero-order chi connectivity index (χ0) is 13.7. The fourth-order valence-electron chi connectivity index (χ4n) is 1.73. The highest BCUT2D eigenvalue weighted by Crippen LogP contribution is 2.15. The summed E-state index contributed by atoms with van der Waals surface area (Å²) < 4.78 is 5.10. The molecule has 19 heavy (non-hydrogen) atoms. The Hall–Kier alpha value is -2.31. The van der Waals surface area contributed by atoms with Gasteiger partial charge in [-0.2, -0.15) is 5.21 Å². The molecule has 100 valence electrons. The Labute approximate surface area is 109 Å². The van der Waals surface area contributed by atoms with Crippen LogP contribution in [0.4, 0.5) is 0 Å². The van der Waals surface area contributed by atoms with Crippen LogP contribution in [0.5, 0.6) is 0 Å². The molecule has 1 N–H and O–H groups in total. The van der Waals surface area contributed by atoms with Gasteiger partial charge in [0.15, 0.2) is 0 Å². The van der Waals surface area contributed by atoms with Crippen molar-refractivity contribution in [1.29, 1.82) is 0 Å². The topological polar surface area (TPSA) is 102 Å². The summed E-state index contributed by atoms with van der Waals surface area (Å²) >= 11 is 0. The van der Waals surface area contributed by atoms with Crippen molar-refractivity contribution in [3.63, 3.8) is 0 Å². The Morgan fingerprint density at radius 3 is 2.79 bits per heavy atom. The minimum absolute atomic E-state index is 0.00290. The number of hydrogen-bond donors (Lipinski definition) is 1. The smallest absolute Gasteiger partial charge is 0.269 e. The van der Waals surface area contributed by atoms with Gasteiger partial charge in [0.1, 0.15) is 0 Å². The fraction of sp³-hybridized carbons (Fsp3) is 0.417. The maximum absolute atomic E-state index is 11.8. The molecule has 2 aromatic rings. The summed E-state index contributed by atoms with van der Waals surface area (Å²) in [6.07, 6.45) is 6.04. The van der Waals surface area contributed by atoms with E-state index in [4.69, 9.17) is 4.42 Å². The summed E-state index contributed by atoms with van der Waals surface area (Å²) in [5, 5.41) is 12.4. The van der Waals surface area contributed by atoms with Gasteiger partial charge in [0.25, 0.3) is 5.78 Å². The first-order valence-corrected chi connectivity index (χ1v) is 6.07. The summed E-state index contributed by atoms with van der Waals surface area (Å²) in [7, 11) is 0. The van der Waals surface area contributed by atoms with Crippen LogP contribution in [0.25, 0.3) is 0 Å². The van der Waals surface area contributed by atoms with Crippen molar-refractivity contribution >= 4 is 11.6 Å². The Morgan fingerprint density at radius 1 is 1.32 bits per heavy atom. The van der Waals surface area contributed by atoms with Crippen molar-refractivity contribution in [3.8, 4) is 0 Å². The average Bonchev–Trinajstić information content (AvgIpc) is 3.07. The monoisotopic (exact) mass is 262 g/mol. The van der Waals surface area contributed by atoms with Gasteiger partial charge in [0.05, 0.1) is 12.5 Å². The number of aromatic nitrogens is 4. The minimum atomic E-state index is -0.739. The Bertz CT molecular complexity index is 559. The van der Waals surface area contributed by atoms with Crippen LogP contribution >= 0.6 is 0 Å². The first-order valence-electron chi connectivity index (χ1n) is 6.07. The van der Waals surface area contributed by atoms with E-state index in [1.807, 2.05) is 0 Å². The van der Waals surface area contributed by atoms with Crippen molar-refractivity contribution in [2.24, 2.45) is 0 Å². The van der Waals surface area contributed by atoms with E-state index >= 15 is 0 Å². The van der Waals surface area contributed by atoms with E-state index in [9.17, 15) is 9.59 Å². The Morgan fingerprint density at radius 2 is 2.11 bits per heavy atom. The average molecular weight is 262 g/mol. The molecule has 2 aromatic heterocycles. The number of aromatic amines is 1. The highest BCUT2D eigenvalue weighted by atomic mass is 16.3. The molecule has 0 saturated heterocycles. The lowest BCUT2D eigenvalue weighted by Crippen LogP contribution is -2.18. The molecule has 0 aliphatic carbocycles. The van der Waals surface area contributed by atoms with Crippen molar-refractivity contribution in [3.05, 3.63) is 29.5 Å². The summed E-state index contributed by atoms with van der Waals surface area (Å²) in [6.45, 7) is 2.09. The lowest BCUT2D eigenvalue weighted by molar-refractivity contribution is -0.114. The summed E-state index contributed by atoms with van der Waals surface area (Å²) in [5.74, 6) is -1.51. The predicted molar refractivity (Wildman–Crippen MR) is 64.5 cm³/mol. The summed E-state index contributed by atoms with van der Waals surface area (Å²) in [6, 6.07) is 0. The molecule has 0 saturated carbocycles. The van der Waals surface area contributed by atoms with Crippen molar-refractivity contribution in [1.82, 2.24) is 20.6 Å². The van der Waals surface area contributed by atoms with Crippen molar-refractivity contribution in [2.75, 3.05) is 0 Å². The molecule has 0 atom stereocenters. The molecule has 0 radical (unpaired) electrons. The van der Waals surface area contributed by atoms with Crippen LogP contribution in [0, 0.1) is 0 Å². The lowest BCUT2D eigenvalue weighted by Gasteiger charge is -2.00. The number of ketones is 2. The number of tetrazole rings is 1. The van der Waals surface area contributed by atoms with Gasteiger partial charge in [-0.25, -0.2) is 0 Å². The summed E-state index contributed by atoms with van der Waals surface area (Å²) in [5.41, 5.74) is 1.71. The second-order valence-corrected chi connectivity index (χ2v) is 4.19. The van der Waals surface area contributed by atoms with Gasteiger partial charge in [-0.3, -0.25) is 9.59 Å². The first kappa shape index (κ1) is 13.1. The maximum atomic E-state index is 11.8. The standard InChI is InChI=1S/C12H14N4O3/c1-2-3-4-8-6-19-7-9(8)5-10(17)11(18)12-13-15-16-14-12/h6-7H,2-5H2,1H3,(H,13,14,15,16). The normalized spacial score (nSPS) is 10.6. The van der Waals surface area contributed by atoms with E-state index in [2.05, 4.69) is 27.5 Å². The molecule has 0 spiro atoms. The van der Waals surface area contributed by atoms with Crippen LogP contribution in [0.2, 0.25) is 0 Å². The first-order chi connectivity index (χ1) is 9.22. The van der Waals surface area contributed by atoms with Gasteiger partial charge in [0.2, 0.25) is 11.6 Å². The number of furan rings is 1. The molecule has 7 heteroatoms. The molecule has 0 fully saturated rings. The van der Waals surface area contributed by atoms with Crippen molar-refractivity contribution < 1.29 is 14.0 Å². The third-order valence-electron chi connectivity index (χ3n) is 2.79. The molecule has 0 bridgehead atoms. The summed E-state index contributed by atoms with van der Waals surface area (Å²) in [4.78, 5) is 23.5. The SMILES string of the molecule is CCCCc1cocc1CC(=O)C(=O)c1nn[nH]n1. The number of carbonyl (C=O) groups excluding carboxylic acids is 2. The molecule has 0 aromatic carbocycles. The highest BCUT2D eigenvalue weighted by molar-refractivity contribution is 6.43. The third-order valence-corrected chi connectivity index (χ3v) is 2.79. The molecule has 2 rings (SSSR count). The zero-order valence-corrected chi connectivity index (χ0v) is 10.5. The number of nitrogens with one attached hydrogen (secondary N) is 1. The number of Topliss-reactive ketones (excluding diaryl/α,β-unsaturated/α-hetero) is 2. The van der Waals surface area contributed by atoms with Gasteiger partial charge in [-0.1, -0.05) is 13.3 Å². The van der Waals surface area contributed by atoms with Gasteiger partial charge in [-0.15, -0.1) is 10.2 Å². The lowest BCUT2D eigenvalue weighted by atomic mass is 10.0. The molecule has 7 nitrogen and oxygen atoms in total. The second kappa shape index (κ2) is 6.03. The number of rotatable bonds is 7. The number of H-pyrrole nitrogens is 1. The van der Waals surface area contributed by atoms with E-state index in [1.165, 1.54) is 6.26 Å². The van der Waals surface area contributed by atoms with Crippen LogP contribution in [-0.2, 0) is 17.6 Å². The van der Waals surface area contributed by atoms with Crippen molar-refractivity contribution in [2.45, 2.75) is 32.6 Å². The minimum Gasteiger partial charge on any atom is -0.472 e. The van der Waals surface area contributed by atoms with E-state index in [0.29, 0.717) is 0 Å². The number of unbranched alkanes of at least 4 members (excludes halogenated alkanes) is 1. The van der Waals surface area contributed by atoms with Crippen LogP contribution in [0.3, 0.4) is 0 Å². The molecule has 0 aliphatic heterocycles. The third kappa shape index (κ3) is 3.12. The highest BCUT2D eigenvalue weighted by Gasteiger charge is 2.22. The van der Waals surface area contributed by atoms with Crippen LogP contribution in [-0.4, -0.2) is 32.2 Å². The molecule has 0 amide bonds. The molecular formula is C12H14N4O3. The van der Waals surface area contributed by atoms with Crippen LogP contribution in [0.15, 0.2) is 16.9 Å². The van der Waals surface area contributed by atoms with Gasteiger partial charge >= 0.3 is 0 Å². The zero-order valence-electron chi connectivity index (χ0n) is 10.5. The number of hydrogen-bond acceptors (Lipinski definition) is 6. The van der Waals surface area contributed by atoms with Gasteiger partial charge in [0, 0.05) is 12.0 Å². The van der Waals surface area contributed by atoms with Crippen LogP contribution < -0.4 is 0 Å². The van der Waals surface area contributed by atoms with E-state index in [1.54, 1.807) is 6.26 Å².